The van der Waals surface area contributed by atoms with Crippen LogP contribution in [0.5, 0.6) is 0 Å². The lowest BCUT2D eigenvalue weighted by atomic mass is 9.95. The SMILES string of the molecule is CNC(=O)CNc1nc(C(C)(C)C)nc(N)c1C. The average Bonchev–Trinajstić information content (AvgIpc) is 2.28. The van der Waals surface area contributed by atoms with E-state index in [1.165, 1.54) is 0 Å². The van der Waals surface area contributed by atoms with Crippen molar-refractivity contribution in [3.05, 3.63) is 11.4 Å². The predicted molar refractivity (Wildman–Crippen MR) is 72.4 cm³/mol. The number of hydrogen-bond acceptors (Lipinski definition) is 5. The highest BCUT2D eigenvalue weighted by molar-refractivity contribution is 5.80. The molecule has 1 rings (SSSR count). The summed E-state index contributed by atoms with van der Waals surface area (Å²) in [6, 6.07) is 0. The lowest BCUT2D eigenvalue weighted by Gasteiger charge is -2.19. The second-order valence-electron chi connectivity index (χ2n) is 5.18. The smallest absolute Gasteiger partial charge is 0.239 e. The van der Waals surface area contributed by atoms with Gasteiger partial charge >= 0.3 is 0 Å². The van der Waals surface area contributed by atoms with E-state index in [1.54, 1.807) is 7.05 Å². The van der Waals surface area contributed by atoms with Crippen LogP contribution in [0.3, 0.4) is 0 Å². The van der Waals surface area contributed by atoms with E-state index in [-0.39, 0.29) is 17.9 Å². The molecule has 0 aliphatic carbocycles. The van der Waals surface area contributed by atoms with Crippen molar-refractivity contribution in [2.24, 2.45) is 0 Å². The van der Waals surface area contributed by atoms with Crippen LogP contribution in [0.2, 0.25) is 0 Å². The van der Waals surface area contributed by atoms with Crippen LogP contribution in [-0.2, 0) is 10.2 Å². The van der Waals surface area contributed by atoms with Gasteiger partial charge < -0.3 is 16.4 Å². The molecule has 0 unspecified atom stereocenters. The molecular formula is C12H21N5O. The molecule has 0 aliphatic rings. The Morgan fingerprint density at radius 1 is 1.33 bits per heavy atom. The highest BCUT2D eigenvalue weighted by Gasteiger charge is 2.20. The van der Waals surface area contributed by atoms with Gasteiger partial charge in [-0.05, 0) is 6.92 Å². The number of nitrogen functional groups attached to an aromatic ring is 1. The zero-order valence-electron chi connectivity index (χ0n) is 11.6. The van der Waals surface area contributed by atoms with E-state index < -0.39 is 0 Å². The Morgan fingerprint density at radius 3 is 2.44 bits per heavy atom. The summed E-state index contributed by atoms with van der Waals surface area (Å²) in [7, 11) is 1.59. The minimum absolute atomic E-state index is 0.108. The number of nitrogens with zero attached hydrogens (tertiary/aromatic N) is 2. The second kappa shape index (κ2) is 5.20. The summed E-state index contributed by atoms with van der Waals surface area (Å²) < 4.78 is 0. The van der Waals surface area contributed by atoms with Crippen LogP contribution in [0.4, 0.5) is 11.6 Å². The molecule has 6 nitrogen and oxygen atoms in total. The van der Waals surface area contributed by atoms with Crippen LogP contribution in [0.1, 0.15) is 32.2 Å². The molecule has 1 aromatic rings. The Kier molecular flexibility index (Phi) is 4.11. The quantitative estimate of drug-likeness (QED) is 0.739. The molecule has 0 saturated heterocycles. The van der Waals surface area contributed by atoms with E-state index in [1.807, 2.05) is 27.7 Å². The van der Waals surface area contributed by atoms with Crippen molar-refractivity contribution in [2.75, 3.05) is 24.6 Å². The van der Waals surface area contributed by atoms with Gasteiger partial charge in [-0.2, -0.15) is 0 Å². The van der Waals surface area contributed by atoms with Gasteiger partial charge in [0.15, 0.2) is 0 Å². The number of likely N-dealkylation sites (N-methyl/N-ethyl adjacent to an activating group) is 1. The summed E-state index contributed by atoms with van der Waals surface area (Å²) in [5, 5.41) is 5.51. The standard InChI is InChI=1S/C12H21N5O/c1-7-9(13)16-11(12(2,3)4)17-10(7)15-6-8(18)14-5/h6H2,1-5H3,(H,14,18)(H3,13,15,16,17). The van der Waals surface area contributed by atoms with Crippen molar-refractivity contribution in [3.63, 3.8) is 0 Å². The third kappa shape index (κ3) is 3.32. The molecule has 0 bridgehead atoms. The molecule has 6 heteroatoms. The summed E-state index contributed by atoms with van der Waals surface area (Å²) in [4.78, 5) is 19.9. The summed E-state index contributed by atoms with van der Waals surface area (Å²) in [6.07, 6.45) is 0. The summed E-state index contributed by atoms with van der Waals surface area (Å²) in [5.41, 5.74) is 6.43. The second-order valence-corrected chi connectivity index (χ2v) is 5.18. The average molecular weight is 251 g/mol. The Morgan fingerprint density at radius 2 is 1.94 bits per heavy atom. The van der Waals surface area contributed by atoms with E-state index >= 15 is 0 Å². The van der Waals surface area contributed by atoms with Crippen molar-refractivity contribution >= 4 is 17.5 Å². The van der Waals surface area contributed by atoms with E-state index in [9.17, 15) is 4.79 Å². The molecule has 0 atom stereocenters. The first-order valence-electron chi connectivity index (χ1n) is 5.84. The molecule has 1 heterocycles. The molecule has 1 amide bonds. The number of carbonyl (C=O) groups excluding carboxylic acids is 1. The van der Waals surface area contributed by atoms with Gasteiger partial charge in [0.1, 0.15) is 17.5 Å². The predicted octanol–water partition coefficient (Wildman–Crippen LogP) is 0.823. The molecule has 4 N–H and O–H groups in total. The molecule has 0 aliphatic heterocycles. The molecule has 0 radical (unpaired) electrons. The van der Waals surface area contributed by atoms with Gasteiger partial charge in [-0.15, -0.1) is 0 Å². The van der Waals surface area contributed by atoms with E-state index in [2.05, 4.69) is 20.6 Å². The first kappa shape index (κ1) is 14.2. The minimum Gasteiger partial charge on any atom is -0.383 e. The zero-order valence-corrected chi connectivity index (χ0v) is 11.6. The molecule has 0 saturated carbocycles. The summed E-state index contributed by atoms with van der Waals surface area (Å²) in [6.45, 7) is 8.03. The van der Waals surface area contributed by atoms with Gasteiger partial charge in [0.2, 0.25) is 5.91 Å². The van der Waals surface area contributed by atoms with Crippen molar-refractivity contribution in [1.82, 2.24) is 15.3 Å². The number of hydrogen-bond donors (Lipinski definition) is 3. The lowest BCUT2D eigenvalue weighted by molar-refractivity contribution is -0.118. The maximum atomic E-state index is 11.2. The monoisotopic (exact) mass is 251 g/mol. The number of anilines is 2. The third-order valence-electron chi connectivity index (χ3n) is 2.55. The van der Waals surface area contributed by atoms with Crippen molar-refractivity contribution in [3.8, 4) is 0 Å². The fourth-order valence-electron chi connectivity index (χ4n) is 1.29. The van der Waals surface area contributed by atoms with Crippen LogP contribution in [0.15, 0.2) is 0 Å². The lowest BCUT2D eigenvalue weighted by Crippen LogP contribution is -2.27. The fraction of sp³-hybridized carbons (Fsp3) is 0.583. The van der Waals surface area contributed by atoms with Gasteiger partial charge in [0, 0.05) is 18.0 Å². The van der Waals surface area contributed by atoms with E-state index in [4.69, 9.17) is 5.73 Å². The number of rotatable bonds is 3. The van der Waals surface area contributed by atoms with Gasteiger partial charge in [0.25, 0.3) is 0 Å². The van der Waals surface area contributed by atoms with Crippen LogP contribution in [-0.4, -0.2) is 29.5 Å². The molecular weight excluding hydrogens is 230 g/mol. The first-order chi connectivity index (χ1) is 8.25. The van der Waals surface area contributed by atoms with Crippen molar-refractivity contribution in [1.29, 1.82) is 0 Å². The Bertz CT molecular complexity index is 451. The number of nitrogens with two attached hydrogens (primary N) is 1. The van der Waals surface area contributed by atoms with Crippen molar-refractivity contribution in [2.45, 2.75) is 33.1 Å². The van der Waals surface area contributed by atoms with Gasteiger partial charge in [-0.1, -0.05) is 20.8 Å². The molecule has 0 aromatic carbocycles. The number of aromatic nitrogens is 2. The van der Waals surface area contributed by atoms with Gasteiger partial charge in [-0.3, -0.25) is 4.79 Å². The van der Waals surface area contributed by atoms with E-state index in [0.717, 1.165) is 5.56 Å². The highest BCUT2D eigenvalue weighted by atomic mass is 16.1. The van der Waals surface area contributed by atoms with Crippen LogP contribution in [0.25, 0.3) is 0 Å². The molecule has 0 fully saturated rings. The minimum atomic E-state index is -0.189. The number of nitrogens with one attached hydrogen (secondary N) is 2. The topological polar surface area (TPSA) is 92.9 Å². The van der Waals surface area contributed by atoms with Gasteiger partial charge in [-0.25, -0.2) is 9.97 Å². The first-order valence-corrected chi connectivity index (χ1v) is 5.84. The zero-order chi connectivity index (χ0) is 13.9. The number of carbonyl (C=O) groups is 1. The van der Waals surface area contributed by atoms with Crippen molar-refractivity contribution < 1.29 is 4.79 Å². The maximum absolute atomic E-state index is 11.2. The van der Waals surface area contributed by atoms with E-state index in [0.29, 0.717) is 17.5 Å². The Labute approximate surface area is 107 Å². The molecule has 0 spiro atoms. The number of amides is 1. The normalized spacial score (nSPS) is 11.2. The summed E-state index contributed by atoms with van der Waals surface area (Å²) >= 11 is 0. The molecule has 18 heavy (non-hydrogen) atoms. The Hall–Kier alpha value is -1.85. The molecule has 1 aromatic heterocycles. The molecule has 100 valence electrons. The largest absolute Gasteiger partial charge is 0.383 e. The van der Waals surface area contributed by atoms with Gasteiger partial charge in [0.05, 0.1) is 6.54 Å². The third-order valence-corrected chi connectivity index (χ3v) is 2.55. The summed E-state index contributed by atoms with van der Waals surface area (Å²) in [5.74, 6) is 1.60. The Balaban J connectivity index is 3.03. The van der Waals surface area contributed by atoms with Crippen LogP contribution in [0, 0.1) is 6.92 Å². The maximum Gasteiger partial charge on any atom is 0.239 e. The van der Waals surface area contributed by atoms with Crippen LogP contribution >= 0.6 is 0 Å². The highest BCUT2D eigenvalue weighted by Crippen LogP contribution is 2.24. The fourth-order valence-corrected chi connectivity index (χ4v) is 1.29. The van der Waals surface area contributed by atoms with Crippen LogP contribution < -0.4 is 16.4 Å².